The lowest BCUT2D eigenvalue weighted by atomic mass is 10.1. The predicted octanol–water partition coefficient (Wildman–Crippen LogP) is 1.24. The molecule has 0 aliphatic carbocycles. The maximum absolute atomic E-state index is 12.8. The first kappa shape index (κ1) is 20.3. The SMILES string of the molecule is CCN(CCNC(=O)[C@@H]1C[C@@H](O)CN1C1CCOCC1)Cc1ccccc1. The molecule has 0 saturated carbocycles. The molecular weight excluding hydrogens is 342 g/mol. The van der Waals surface area contributed by atoms with Crippen LogP contribution in [0.4, 0.5) is 0 Å². The van der Waals surface area contributed by atoms with Crippen LogP contribution in [0.5, 0.6) is 0 Å². The number of aliphatic hydroxyl groups excluding tert-OH is 1. The first-order valence-corrected chi connectivity index (χ1v) is 10.2. The van der Waals surface area contributed by atoms with Crippen LogP contribution in [0.1, 0.15) is 31.7 Å². The average molecular weight is 376 g/mol. The molecule has 2 aliphatic rings. The summed E-state index contributed by atoms with van der Waals surface area (Å²) in [5, 5.41) is 13.2. The number of ether oxygens (including phenoxy) is 1. The van der Waals surface area contributed by atoms with Crippen LogP contribution in [-0.2, 0) is 16.1 Å². The zero-order valence-electron chi connectivity index (χ0n) is 16.3. The van der Waals surface area contributed by atoms with E-state index in [1.54, 1.807) is 0 Å². The Labute approximate surface area is 162 Å². The number of likely N-dealkylation sites (N-methyl/N-ethyl adjacent to an activating group) is 1. The fourth-order valence-electron chi connectivity index (χ4n) is 4.16. The maximum atomic E-state index is 12.8. The summed E-state index contributed by atoms with van der Waals surface area (Å²) in [6.07, 6.45) is 2.01. The van der Waals surface area contributed by atoms with Gasteiger partial charge in [-0.3, -0.25) is 14.6 Å². The van der Waals surface area contributed by atoms with Crippen LogP contribution in [0.25, 0.3) is 0 Å². The van der Waals surface area contributed by atoms with E-state index in [0.717, 1.165) is 45.7 Å². The molecule has 1 aromatic rings. The maximum Gasteiger partial charge on any atom is 0.237 e. The Hall–Kier alpha value is -1.47. The predicted molar refractivity (Wildman–Crippen MR) is 105 cm³/mol. The first-order valence-electron chi connectivity index (χ1n) is 10.2. The molecule has 2 fully saturated rings. The van der Waals surface area contributed by atoms with Crippen molar-refractivity contribution in [2.24, 2.45) is 0 Å². The Balaban J connectivity index is 1.47. The topological polar surface area (TPSA) is 65.0 Å². The van der Waals surface area contributed by atoms with Gasteiger partial charge < -0.3 is 15.2 Å². The number of amides is 1. The van der Waals surface area contributed by atoms with E-state index in [1.165, 1.54) is 5.56 Å². The molecule has 0 spiro atoms. The number of likely N-dealkylation sites (tertiary alicyclic amines) is 1. The van der Waals surface area contributed by atoms with Crippen LogP contribution in [0, 0.1) is 0 Å². The fraction of sp³-hybridized carbons (Fsp3) is 0.667. The van der Waals surface area contributed by atoms with Crippen molar-refractivity contribution in [3.63, 3.8) is 0 Å². The molecule has 27 heavy (non-hydrogen) atoms. The average Bonchev–Trinajstić information content (AvgIpc) is 3.10. The number of nitrogens with zero attached hydrogens (tertiary/aromatic N) is 2. The Morgan fingerprint density at radius 2 is 2.04 bits per heavy atom. The number of β-amino-alcohol motifs (C(OH)–C–C–N with tert-alkyl or cyclic N) is 1. The molecule has 3 rings (SSSR count). The molecule has 2 heterocycles. The third-order valence-electron chi connectivity index (χ3n) is 5.70. The number of rotatable bonds is 8. The minimum atomic E-state index is -0.409. The van der Waals surface area contributed by atoms with Gasteiger partial charge in [0.05, 0.1) is 12.1 Å². The molecule has 2 atom stereocenters. The van der Waals surface area contributed by atoms with Crippen molar-refractivity contribution in [1.29, 1.82) is 0 Å². The molecule has 0 unspecified atom stereocenters. The van der Waals surface area contributed by atoms with Gasteiger partial charge >= 0.3 is 0 Å². The number of benzene rings is 1. The number of carbonyl (C=O) groups excluding carboxylic acids is 1. The monoisotopic (exact) mass is 375 g/mol. The molecule has 2 aliphatic heterocycles. The van der Waals surface area contributed by atoms with Crippen molar-refractivity contribution < 1.29 is 14.6 Å². The first-order chi connectivity index (χ1) is 13.2. The number of aliphatic hydroxyl groups is 1. The van der Waals surface area contributed by atoms with E-state index in [-0.39, 0.29) is 11.9 Å². The van der Waals surface area contributed by atoms with Crippen molar-refractivity contribution >= 4 is 5.91 Å². The normalized spacial score (nSPS) is 24.4. The Morgan fingerprint density at radius 1 is 1.30 bits per heavy atom. The smallest absolute Gasteiger partial charge is 0.237 e. The van der Waals surface area contributed by atoms with Crippen LogP contribution in [0.15, 0.2) is 30.3 Å². The highest BCUT2D eigenvalue weighted by atomic mass is 16.5. The van der Waals surface area contributed by atoms with E-state index in [2.05, 4.69) is 46.3 Å². The molecule has 6 nitrogen and oxygen atoms in total. The second-order valence-electron chi connectivity index (χ2n) is 7.59. The molecule has 1 amide bonds. The summed E-state index contributed by atoms with van der Waals surface area (Å²) in [5.41, 5.74) is 1.29. The van der Waals surface area contributed by atoms with Crippen molar-refractivity contribution in [3.05, 3.63) is 35.9 Å². The number of carbonyl (C=O) groups is 1. The van der Waals surface area contributed by atoms with Gasteiger partial charge in [0.15, 0.2) is 0 Å². The summed E-state index contributed by atoms with van der Waals surface area (Å²) in [4.78, 5) is 17.3. The van der Waals surface area contributed by atoms with Crippen LogP contribution in [-0.4, -0.2) is 78.4 Å². The van der Waals surface area contributed by atoms with Gasteiger partial charge in [-0.15, -0.1) is 0 Å². The van der Waals surface area contributed by atoms with E-state index in [9.17, 15) is 9.90 Å². The molecule has 1 aromatic carbocycles. The molecule has 2 saturated heterocycles. The minimum Gasteiger partial charge on any atom is -0.392 e. The van der Waals surface area contributed by atoms with Gasteiger partial charge in [0.25, 0.3) is 0 Å². The van der Waals surface area contributed by atoms with Crippen molar-refractivity contribution in [1.82, 2.24) is 15.1 Å². The van der Waals surface area contributed by atoms with Gasteiger partial charge in [-0.25, -0.2) is 0 Å². The minimum absolute atomic E-state index is 0.0498. The molecule has 0 aromatic heterocycles. The lowest BCUT2D eigenvalue weighted by Gasteiger charge is -2.34. The molecule has 6 heteroatoms. The van der Waals surface area contributed by atoms with E-state index >= 15 is 0 Å². The molecule has 0 radical (unpaired) electrons. The summed E-state index contributed by atoms with van der Waals surface area (Å²) < 4.78 is 5.44. The zero-order valence-corrected chi connectivity index (χ0v) is 16.3. The zero-order chi connectivity index (χ0) is 19.1. The molecule has 2 N–H and O–H groups in total. The van der Waals surface area contributed by atoms with Crippen molar-refractivity contribution in [3.8, 4) is 0 Å². The summed E-state index contributed by atoms with van der Waals surface area (Å²) in [6, 6.07) is 10.5. The van der Waals surface area contributed by atoms with Crippen molar-refractivity contribution in [2.75, 3.05) is 39.4 Å². The summed E-state index contributed by atoms with van der Waals surface area (Å²) in [5.74, 6) is 0.0498. The quantitative estimate of drug-likeness (QED) is 0.716. The van der Waals surface area contributed by atoms with Gasteiger partial charge in [-0.2, -0.15) is 0 Å². The lowest BCUT2D eigenvalue weighted by Crippen LogP contribution is -2.50. The molecule has 0 bridgehead atoms. The van der Waals surface area contributed by atoms with Gasteiger partial charge in [0.2, 0.25) is 5.91 Å². The van der Waals surface area contributed by atoms with Crippen LogP contribution < -0.4 is 5.32 Å². The van der Waals surface area contributed by atoms with Crippen LogP contribution in [0.3, 0.4) is 0 Å². The fourth-order valence-corrected chi connectivity index (χ4v) is 4.16. The Kier molecular flexibility index (Phi) is 7.64. The summed E-state index contributed by atoms with van der Waals surface area (Å²) in [7, 11) is 0. The van der Waals surface area contributed by atoms with Gasteiger partial charge in [-0.1, -0.05) is 37.3 Å². The largest absolute Gasteiger partial charge is 0.392 e. The second-order valence-corrected chi connectivity index (χ2v) is 7.59. The van der Waals surface area contributed by atoms with E-state index in [4.69, 9.17) is 4.74 Å². The summed E-state index contributed by atoms with van der Waals surface area (Å²) >= 11 is 0. The molecular formula is C21H33N3O3. The highest BCUT2D eigenvalue weighted by Crippen LogP contribution is 2.25. The Morgan fingerprint density at radius 3 is 2.74 bits per heavy atom. The van der Waals surface area contributed by atoms with E-state index in [0.29, 0.717) is 25.6 Å². The van der Waals surface area contributed by atoms with Crippen LogP contribution in [0.2, 0.25) is 0 Å². The number of hydrogen-bond donors (Lipinski definition) is 2. The standard InChI is InChI=1S/C21H33N3O3/c1-2-23(15-17-6-4-3-5-7-17)11-10-22-21(26)20-14-19(25)16-24(20)18-8-12-27-13-9-18/h3-7,18-20,25H,2,8-16H2,1H3,(H,22,26)/t19-,20+/m1/s1. The van der Waals surface area contributed by atoms with Crippen molar-refractivity contribution in [2.45, 2.75) is 50.9 Å². The third-order valence-corrected chi connectivity index (χ3v) is 5.70. The van der Waals surface area contributed by atoms with E-state index in [1.807, 2.05) is 6.07 Å². The third kappa shape index (κ3) is 5.75. The lowest BCUT2D eigenvalue weighted by molar-refractivity contribution is -0.127. The van der Waals surface area contributed by atoms with Crippen LogP contribution >= 0.6 is 0 Å². The van der Waals surface area contributed by atoms with E-state index < -0.39 is 6.10 Å². The van der Waals surface area contributed by atoms with Gasteiger partial charge in [-0.05, 0) is 31.4 Å². The summed E-state index contributed by atoms with van der Waals surface area (Å²) in [6.45, 7) is 7.53. The highest BCUT2D eigenvalue weighted by Gasteiger charge is 2.39. The number of hydrogen-bond acceptors (Lipinski definition) is 5. The van der Waals surface area contributed by atoms with Gasteiger partial charge in [0, 0.05) is 45.4 Å². The highest BCUT2D eigenvalue weighted by molar-refractivity contribution is 5.82. The van der Waals surface area contributed by atoms with Gasteiger partial charge in [0.1, 0.15) is 0 Å². The number of nitrogens with one attached hydrogen (secondary N) is 1. The molecule has 150 valence electrons. The second kappa shape index (κ2) is 10.2. The Bertz CT molecular complexity index is 577.